The normalized spacial score (nSPS) is 19.4. The fourth-order valence-electron chi connectivity index (χ4n) is 1.93. The summed E-state index contributed by atoms with van der Waals surface area (Å²) in [5.41, 5.74) is -0.609. The summed E-state index contributed by atoms with van der Waals surface area (Å²) in [6.07, 6.45) is 2.27. The fourth-order valence-corrected chi connectivity index (χ4v) is 1.93. The van der Waals surface area contributed by atoms with Gasteiger partial charge in [0.15, 0.2) is 0 Å². The third-order valence-electron chi connectivity index (χ3n) is 3.24. The van der Waals surface area contributed by atoms with Crippen molar-refractivity contribution < 1.29 is 9.53 Å². The van der Waals surface area contributed by atoms with Crippen molar-refractivity contribution in [2.75, 3.05) is 19.7 Å². The fraction of sp³-hybridized carbons (Fsp3) is 0.846. The molecular formula is C13H22N2O2. The van der Waals surface area contributed by atoms with E-state index in [1.54, 1.807) is 0 Å². The maximum Gasteiger partial charge on any atom is 0.311 e. The largest absolute Gasteiger partial charge is 0.465 e. The van der Waals surface area contributed by atoms with Gasteiger partial charge in [-0.1, -0.05) is 0 Å². The molecule has 1 aliphatic rings. The van der Waals surface area contributed by atoms with Crippen LogP contribution in [0.25, 0.3) is 0 Å². The molecule has 0 aromatic carbocycles. The molecule has 0 bridgehead atoms. The molecule has 0 saturated carbocycles. The van der Waals surface area contributed by atoms with Gasteiger partial charge in [-0.2, -0.15) is 5.26 Å². The van der Waals surface area contributed by atoms with Gasteiger partial charge < -0.3 is 10.1 Å². The Labute approximate surface area is 103 Å². The average molecular weight is 238 g/mol. The molecule has 0 unspecified atom stereocenters. The molecule has 17 heavy (non-hydrogen) atoms. The average Bonchev–Trinajstić information content (AvgIpc) is 2.26. The molecule has 0 atom stereocenters. The number of hydrogen-bond donors (Lipinski definition) is 1. The SMILES string of the molecule is CC(C)(C)C(=O)OCC1(CC#N)CCNCC1. The number of nitrogens with zero attached hydrogens (tertiary/aromatic N) is 1. The molecule has 4 nitrogen and oxygen atoms in total. The number of carbonyl (C=O) groups is 1. The first kappa shape index (κ1) is 14.0. The number of ether oxygens (including phenoxy) is 1. The number of rotatable bonds is 3. The minimum atomic E-state index is -0.471. The highest BCUT2D eigenvalue weighted by atomic mass is 16.5. The van der Waals surface area contributed by atoms with Crippen molar-refractivity contribution in [3.63, 3.8) is 0 Å². The zero-order chi connectivity index (χ0) is 12.9. The van der Waals surface area contributed by atoms with Crippen molar-refractivity contribution in [3.05, 3.63) is 0 Å². The Morgan fingerprint density at radius 2 is 2.00 bits per heavy atom. The minimum Gasteiger partial charge on any atom is -0.465 e. The zero-order valence-corrected chi connectivity index (χ0v) is 11.0. The predicted octanol–water partition coefficient (Wildman–Crippen LogP) is 1.86. The molecule has 96 valence electrons. The molecule has 0 radical (unpaired) electrons. The van der Waals surface area contributed by atoms with Gasteiger partial charge in [0.25, 0.3) is 0 Å². The molecule has 1 rings (SSSR count). The van der Waals surface area contributed by atoms with E-state index in [1.165, 1.54) is 0 Å². The van der Waals surface area contributed by atoms with Gasteiger partial charge in [-0.3, -0.25) is 4.79 Å². The Hall–Kier alpha value is -1.08. The zero-order valence-electron chi connectivity index (χ0n) is 11.0. The van der Waals surface area contributed by atoms with E-state index in [4.69, 9.17) is 10.00 Å². The first-order valence-corrected chi connectivity index (χ1v) is 6.15. The molecule has 0 amide bonds. The molecule has 1 N–H and O–H groups in total. The number of nitriles is 1. The van der Waals surface area contributed by atoms with Crippen molar-refractivity contribution in [3.8, 4) is 6.07 Å². The summed E-state index contributed by atoms with van der Waals surface area (Å²) in [7, 11) is 0. The van der Waals surface area contributed by atoms with Crippen LogP contribution < -0.4 is 5.32 Å². The van der Waals surface area contributed by atoms with E-state index in [9.17, 15) is 4.79 Å². The van der Waals surface area contributed by atoms with Gasteiger partial charge in [-0.05, 0) is 46.7 Å². The summed E-state index contributed by atoms with van der Waals surface area (Å²) in [5, 5.41) is 12.2. The first-order chi connectivity index (χ1) is 7.90. The van der Waals surface area contributed by atoms with E-state index in [2.05, 4.69) is 11.4 Å². The summed E-state index contributed by atoms with van der Waals surface area (Å²) in [6, 6.07) is 2.22. The van der Waals surface area contributed by atoms with Gasteiger partial charge in [0.05, 0.1) is 18.1 Å². The van der Waals surface area contributed by atoms with Crippen LogP contribution in [0.4, 0.5) is 0 Å². The molecule has 1 heterocycles. The summed E-state index contributed by atoms with van der Waals surface area (Å²) in [6.45, 7) is 7.69. The maximum absolute atomic E-state index is 11.7. The molecule has 4 heteroatoms. The molecule has 0 aromatic rings. The van der Waals surface area contributed by atoms with Gasteiger partial charge >= 0.3 is 5.97 Å². The van der Waals surface area contributed by atoms with Crippen LogP contribution in [0.2, 0.25) is 0 Å². The third-order valence-corrected chi connectivity index (χ3v) is 3.24. The van der Waals surface area contributed by atoms with Gasteiger partial charge in [-0.15, -0.1) is 0 Å². The van der Waals surface area contributed by atoms with Crippen LogP contribution in [0.1, 0.15) is 40.0 Å². The lowest BCUT2D eigenvalue weighted by molar-refractivity contribution is -0.157. The van der Waals surface area contributed by atoms with Crippen molar-refractivity contribution in [1.82, 2.24) is 5.32 Å². The molecule has 1 aliphatic heterocycles. The molecule has 1 saturated heterocycles. The summed E-state index contributed by atoms with van der Waals surface area (Å²) >= 11 is 0. The Kier molecular flexibility index (Phi) is 4.53. The number of carbonyl (C=O) groups excluding carboxylic acids is 1. The minimum absolute atomic E-state index is 0.138. The number of piperidine rings is 1. The maximum atomic E-state index is 11.7. The summed E-state index contributed by atoms with van der Waals surface area (Å²) in [4.78, 5) is 11.7. The summed E-state index contributed by atoms with van der Waals surface area (Å²) < 4.78 is 5.38. The van der Waals surface area contributed by atoms with Crippen LogP contribution >= 0.6 is 0 Å². The highest BCUT2D eigenvalue weighted by molar-refractivity contribution is 5.75. The van der Waals surface area contributed by atoms with Crippen LogP contribution in [0.5, 0.6) is 0 Å². The van der Waals surface area contributed by atoms with E-state index in [-0.39, 0.29) is 11.4 Å². The van der Waals surface area contributed by atoms with Crippen molar-refractivity contribution in [1.29, 1.82) is 5.26 Å². The van der Waals surface area contributed by atoms with Crippen molar-refractivity contribution in [2.45, 2.75) is 40.0 Å². The van der Waals surface area contributed by atoms with E-state index < -0.39 is 5.41 Å². The second kappa shape index (κ2) is 5.50. The molecule has 0 spiro atoms. The Bertz CT molecular complexity index is 306. The van der Waals surface area contributed by atoms with Gasteiger partial charge in [0.1, 0.15) is 0 Å². The monoisotopic (exact) mass is 238 g/mol. The van der Waals surface area contributed by atoms with E-state index in [0.29, 0.717) is 13.0 Å². The standard InChI is InChI=1S/C13H22N2O2/c1-12(2,3)11(16)17-10-13(4-7-14)5-8-15-9-6-13/h15H,4-6,8-10H2,1-3H3. The third kappa shape index (κ3) is 4.01. The number of hydrogen-bond acceptors (Lipinski definition) is 4. The Morgan fingerprint density at radius 3 is 2.47 bits per heavy atom. The van der Waals surface area contributed by atoms with Gasteiger partial charge in [0, 0.05) is 11.8 Å². The van der Waals surface area contributed by atoms with Crippen molar-refractivity contribution >= 4 is 5.97 Å². The first-order valence-electron chi connectivity index (χ1n) is 6.15. The van der Waals surface area contributed by atoms with Crippen LogP contribution in [-0.2, 0) is 9.53 Å². The van der Waals surface area contributed by atoms with Crippen LogP contribution in [0.3, 0.4) is 0 Å². The van der Waals surface area contributed by atoms with E-state index in [0.717, 1.165) is 25.9 Å². The van der Waals surface area contributed by atoms with Gasteiger partial charge in [-0.25, -0.2) is 0 Å². The van der Waals surface area contributed by atoms with Crippen LogP contribution in [0, 0.1) is 22.2 Å². The van der Waals surface area contributed by atoms with Crippen LogP contribution in [-0.4, -0.2) is 25.7 Å². The topological polar surface area (TPSA) is 62.1 Å². The highest BCUT2D eigenvalue weighted by Gasteiger charge is 2.35. The molecule has 0 aromatic heterocycles. The van der Waals surface area contributed by atoms with Crippen LogP contribution in [0.15, 0.2) is 0 Å². The smallest absolute Gasteiger partial charge is 0.311 e. The lowest BCUT2D eigenvalue weighted by Gasteiger charge is -2.35. The molecule has 1 fully saturated rings. The highest BCUT2D eigenvalue weighted by Crippen LogP contribution is 2.33. The van der Waals surface area contributed by atoms with E-state index >= 15 is 0 Å². The van der Waals surface area contributed by atoms with E-state index in [1.807, 2.05) is 20.8 Å². The van der Waals surface area contributed by atoms with Gasteiger partial charge in [0.2, 0.25) is 0 Å². The predicted molar refractivity (Wildman–Crippen MR) is 65.2 cm³/mol. The number of esters is 1. The Morgan fingerprint density at radius 1 is 1.41 bits per heavy atom. The molecule has 0 aliphatic carbocycles. The number of nitrogens with one attached hydrogen (secondary N) is 1. The van der Waals surface area contributed by atoms with Crippen molar-refractivity contribution in [2.24, 2.45) is 10.8 Å². The summed E-state index contributed by atoms with van der Waals surface area (Å²) in [5.74, 6) is -0.187. The lowest BCUT2D eigenvalue weighted by atomic mass is 9.77. The Balaban J connectivity index is 2.56. The quantitative estimate of drug-likeness (QED) is 0.762. The molecular weight excluding hydrogens is 216 g/mol. The second-order valence-corrected chi connectivity index (χ2v) is 5.91. The second-order valence-electron chi connectivity index (χ2n) is 5.91. The lowest BCUT2D eigenvalue weighted by Crippen LogP contribution is -2.41.